The molecule has 0 radical (unpaired) electrons. The van der Waals surface area contributed by atoms with Gasteiger partial charge in [-0.15, -0.1) is 0 Å². The van der Waals surface area contributed by atoms with E-state index in [1.54, 1.807) is 13.8 Å². The smallest absolute Gasteiger partial charge is 0.138 e. The topological polar surface area (TPSA) is 40.9 Å². The third kappa shape index (κ3) is 1.87. The lowest BCUT2D eigenvalue weighted by Crippen LogP contribution is -2.13. The van der Waals surface area contributed by atoms with Gasteiger partial charge in [-0.05, 0) is 13.8 Å². The molecule has 2 nitrogen and oxygen atoms in total. The van der Waals surface area contributed by atoms with E-state index in [4.69, 9.17) is 5.41 Å². The molecule has 0 heterocycles. The molecule has 2 heteroatoms. The summed E-state index contributed by atoms with van der Waals surface area (Å²) in [4.78, 5) is 10.4. The molecule has 0 fully saturated rings. The minimum absolute atomic E-state index is 0.0671. The van der Waals surface area contributed by atoms with Crippen LogP contribution in [0.3, 0.4) is 0 Å². The Kier molecular flexibility index (Phi) is 2.38. The highest BCUT2D eigenvalue weighted by molar-refractivity contribution is 6.01. The van der Waals surface area contributed by atoms with Crippen LogP contribution in [-0.4, -0.2) is 11.5 Å². The molecule has 0 aromatic rings. The number of hydrogen-bond donors (Lipinski definition) is 1. The molecular formula is C6H11NO. The molecule has 46 valence electrons. The molecule has 8 heavy (non-hydrogen) atoms. The lowest BCUT2D eigenvalue weighted by Gasteiger charge is -2.01. The van der Waals surface area contributed by atoms with Gasteiger partial charge < -0.3 is 5.41 Å². The van der Waals surface area contributed by atoms with E-state index < -0.39 is 0 Å². The van der Waals surface area contributed by atoms with Gasteiger partial charge in [0, 0.05) is 5.71 Å². The third-order valence-electron chi connectivity index (χ3n) is 1.26. The molecule has 1 atom stereocenters. The summed E-state index contributed by atoms with van der Waals surface area (Å²) in [5.74, 6) is -0.118. The van der Waals surface area contributed by atoms with Crippen LogP contribution in [0.2, 0.25) is 0 Å². The molecule has 0 spiro atoms. The maximum atomic E-state index is 10.4. The number of Topliss-reactive ketones (excluding diaryl/α,β-unsaturated/α-hetero) is 1. The highest BCUT2D eigenvalue weighted by atomic mass is 16.1. The normalized spacial score (nSPS) is 12.9. The van der Waals surface area contributed by atoms with Gasteiger partial charge >= 0.3 is 0 Å². The van der Waals surface area contributed by atoms with Crippen molar-refractivity contribution in [3.63, 3.8) is 0 Å². The molecule has 0 amide bonds. The van der Waals surface area contributed by atoms with Gasteiger partial charge in [-0.2, -0.15) is 0 Å². The van der Waals surface area contributed by atoms with E-state index in [0.29, 0.717) is 5.71 Å². The Morgan fingerprint density at radius 2 is 1.88 bits per heavy atom. The number of carbonyl (C=O) groups excluding carboxylic acids is 1. The third-order valence-corrected chi connectivity index (χ3v) is 1.26. The SMILES string of the molecule is CC(=N)C(C)C(C)=O. The second kappa shape index (κ2) is 2.60. The molecule has 1 unspecified atom stereocenters. The molecule has 0 saturated carbocycles. The predicted molar refractivity (Wildman–Crippen MR) is 33.2 cm³/mol. The van der Waals surface area contributed by atoms with E-state index in [9.17, 15) is 4.79 Å². The van der Waals surface area contributed by atoms with Crippen molar-refractivity contribution in [3.05, 3.63) is 0 Å². The number of nitrogens with one attached hydrogen (secondary N) is 1. The minimum Gasteiger partial charge on any atom is -0.309 e. The molecule has 0 aromatic heterocycles. The van der Waals surface area contributed by atoms with Crippen LogP contribution in [-0.2, 0) is 4.79 Å². The second-order valence-corrected chi connectivity index (χ2v) is 2.02. The number of rotatable bonds is 2. The average Bonchev–Trinajstić information content (AvgIpc) is 1.64. The van der Waals surface area contributed by atoms with E-state index in [1.165, 1.54) is 6.92 Å². The Bertz CT molecular complexity index is 104. The molecule has 0 rings (SSSR count). The van der Waals surface area contributed by atoms with E-state index in [-0.39, 0.29) is 11.7 Å². The summed E-state index contributed by atoms with van der Waals surface area (Å²) in [5.41, 5.74) is 0.442. The monoisotopic (exact) mass is 113 g/mol. The molecule has 1 N–H and O–H groups in total. The van der Waals surface area contributed by atoms with Crippen molar-refractivity contribution in [2.45, 2.75) is 20.8 Å². The highest BCUT2D eigenvalue weighted by Crippen LogP contribution is 1.96. The second-order valence-electron chi connectivity index (χ2n) is 2.02. The van der Waals surface area contributed by atoms with Crippen LogP contribution in [0.5, 0.6) is 0 Å². The van der Waals surface area contributed by atoms with Gasteiger partial charge in [-0.25, -0.2) is 0 Å². The van der Waals surface area contributed by atoms with Crippen LogP contribution < -0.4 is 0 Å². The first-order valence-electron chi connectivity index (χ1n) is 2.61. The minimum atomic E-state index is -0.185. The first kappa shape index (κ1) is 7.34. The summed E-state index contributed by atoms with van der Waals surface area (Å²) in [6.45, 7) is 4.89. The highest BCUT2D eigenvalue weighted by Gasteiger charge is 2.07. The van der Waals surface area contributed by atoms with E-state index in [2.05, 4.69) is 0 Å². The summed E-state index contributed by atoms with van der Waals surface area (Å²) >= 11 is 0. The van der Waals surface area contributed by atoms with Crippen LogP contribution in [0.1, 0.15) is 20.8 Å². The van der Waals surface area contributed by atoms with Crippen LogP contribution in [0.25, 0.3) is 0 Å². The van der Waals surface area contributed by atoms with Gasteiger partial charge in [0.15, 0.2) is 0 Å². The summed E-state index contributed by atoms with van der Waals surface area (Å²) in [6.07, 6.45) is 0. The molecule has 0 saturated heterocycles. The number of ketones is 1. The summed E-state index contributed by atoms with van der Waals surface area (Å²) in [5, 5.41) is 7.01. The fraction of sp³-hybridized carbons (Fsp3) is 0.667. The summed E-state index contributed by atoms with van der Waals surface area (Å²) < 4.78 is 0. The van der Waals surface area contributed by atoms with E-state index in [0.717, 1.165) is 0 Å². The predicted octanol–water partition coefficient (Wildman–Crippen LogP) is 1.25. The fourth-order valence-corrected chi connectivity index (χ4v) is 0.305. The summed E-state index contributed by atoms with van der Waals surface area (Å²) in [6, 6.07) is 0. The summed E-state index contributed by atoms with van der Waals surface area (Å²) in [7, 11) is 0. The van der Waals surface area contributed by atoms with Crippen LogP contribution >= 0.6 is 0 Å². The Morgan fingerprint density at radius 1 is 1.50 bits per heavy atom. The van der Waals surface area contributed by atoms with Crippen molar-refractivity contribution in [3.8, 4) is 0 Å². The zero-order valence-electron chi connectivity index (χ0n) is 5.49. The van der Waals surface area contributed by atoms with E-state index >= 15 is 0 Å². The molecule has 0 bridgehead atoms. The van der Waals surface area contributed by atoms with Crippen molar-refractivity contribution in [2.75, 3.05) is 0 Å². The zero-order valence-corrected chi connectivity index (χ0v) is 5.49. The molecule has 0 aromatic carbocycles. The molecular weight excluding hydrogens is 102 g/mol. The van der Waals surface area contributed by atoms with Crippen molar-refractivity contribution < 1.29 is 4.79 Å². The van der Waals surface area contributed by atoms with Crippen LogP contribution in [0.4, 0.5) is 0 Å². The van der Waals surface area contributed by atoms with Gasteiger partial charge in [0.25, 0.3) is 0 Å². The lowest BCUT2D eigenvalue weighted by atomic mass is 10.0. The maximum Gasteiger partial charge on any atom is 0.138 e. The Morgan fingerprint density at radius 3 is 1.88 bits per heavy atom. The van der Waals surface area contributed by atoms with Gasteiger partial charge in [0.05, 0.1) is 5.92 Å². The van der Waals surface area contributed by atoms with Crippen molar-refractivity contribution in [1.29, 1.82) is 5.41 Å². The van der Waals surface area contributed by atoms with Gasteiger partial charge in [0.1, 0.15) is 5.78 Å². The van der Waals surface area contributed by atoms with Gasteiger partial charge in [-0.1, -0.05) is 6.92 Å². The molecule has 0 aliphatic carbocycles. The molecule has 0 aliphatic rings. The quantitative estimate of drug-likeness (QED) is 0.538. The van der Waals surface area contributed by atoms with Gasteiger partial charge in [-0.3, -0.25) is 4.79 Å². The average molecular weight is 113 g/mol. The van der Waals surface area contributed by atoms with Gasteiger partial charge in [0.2, 0.25) is 0 Å². The van der Waals surface area contributed by atoms with Crippen LogP contribution in [0, 0.1) is 11.3 Å². The standard InChI is InChI=1S/C6H11NO/c1-4(5(2)7)6(3)8/h4,7H,1-3H3. The Hall–Kier alpha value is -0.660. The maximum absolute atomic E-state index is 10.4. The van der Waals surface area contributed by atoms with Crippen molar-refractivity contribution >= 4 is 11.5 Å². The van der Waals surface area contributed by atoms with Crippen LogP contribution in [0.15, 0.2) is 0 Å². The number of hydrogen-bond acceptors (Lipinski definition) is 2. The first-order chi connectivity index (χ1) is 3.55. The Labute approximate surface area is 49.4 Å². The molecule has 0 aliphatic heterocycles. The van der Waals surface area contributed by atoms with E-state index in [1.807, 2.05) is 0 Å². The fourth-order valence-electron chi connectivity index (χ4n) is 0.305. The van der Waals surface area contributed by atoms with Crippen molar-refractivity contribution in [2.24, 2.45) is 5.92 Å². The lowest BCUT2D eigenvalue weighted by molar-refractivity contribution is -0.118. The Balaban J connectivity index is 3.83. The van der Waals surface area contributed by atoms with Crippen molar-refractivity contribution in [1.82, 2.24) is 0 Å². The largest absolute Gasteiger partial charge is 0.309 e. The number of carbonyl (C=O) groups is 1. The zero-order chi connectivity index (χ0) is 6.73. The first-order valence-corrected chi connectivity index (χ1v) is 2.61.